The van der Waals surface area contributed by atoms with E-state index in [4.69, 9.17) is 4.74 Å². The van der Waals surface area contributed by atoms with Gasteiger partial charge in [-0.15, -0.1) is 0 Å². The summed E-state index contributed by atoms with van der Waals surface area (Å²) in [5, 5.41) is 3.23. The molecule has 1 aromatic carbocycles. The Kier molecular flexibility index (Phi) is 3.21. The van der Waals surface area contributed by atoms with Crippen molar-refractivity contribution in [2.24, 2.45) is 5.92 Å². The van der Waals surface area contributed by atoms with E-state index in [1.54, 1.807) is 7.11 Å². The van der Waals surface area contributed by atoms with Crippen LogP contribution in [-0.4, -0.2) is 26.9 Å². The van der Waals surface area contributed by atoms with Gasteiger partial charge in [0.25, 0.3) is 0 Å². The van der Waals surface area contributed by atoms with Gasteiger partial charge in [-0.3, -0.25) is 4.39 Å². The highest BCUT2D eigenvalue weighted by Gasteiger charge is 2.28. The molecule has 0 saturated carbocycles. The molecule has 0 bridgehead atoms. The zero-order chi connectivity index (χ0) is 10.7. The second-order valence-electron chi connectivity index (χ2n) is 3.95. The lowest BCUT2D eigenvalue weighted by Gasteiger charge is -2.15. The number of benzene rings is 1. The molecular formula is C12H16FNO. The van der Waals surface area contributed by atoms with Gasteiger partial charge in [0.15, 0.2) is 0 Å². The standard InChI is InChI=1S/C12H16FNO/c1-15-11-4-2-9(3-5-11)12-8-14-7-10(12)6-13/h2-5,10,12,14H,6-8H2,1H3/t10-,12-/m1/s1. The summed E-state index contributed by atoms with van der Waals surface area (Å²) in [5.41, 5.74) is 1.20. The Morgan fingerprint density at radius 2 is 2.07 bits per heavy atom. The molecule has 1 heterocycles. The molecule has 2 rings (SSSR count). The van der Waals surface area contributed by atoms with E-state index < -0.39 is 0 Å². The number of hydrogen-bond acceptors (Lipinski definition) is 2. The van der Waals surface area contributed by atoms with Gasteiger partial charge >= 0.3 is 0 Å². The van der Waals surface area contributed by atoms with E-state index in [9.17, 15) is 4.39 Å². The quantitative estimate of drug-likeness (QED) is 0.821. The first kappa shape index (κ1) is 10.4. The monoisotopic (exact) mass is 209 g/mol. The Morgan fingerprint density at radius 3 is 2.67 bits per heavy atom. The van der Waals surface area contributed by atoms with Crippen molar-refractivity contribution < 1.29 is 9.13 Å². The Balaban J connectivity index is 2.14. The highest BCUT2D eigenvalue weighted by atomic mass is 19.1. The molecule has 2 nitrogen and oxygen atoms in total. The average molecular weight is 209 g/mol. The number of alkyl halides is 1. The smallest absolute Gasteiger partial charge is 0.118 e. The van der Waals surface area contributed by atoms with Gasteiger partial charge in [-0.05, 0) is 17.7 Å². The first-order valence-corrected chi connectivity index (χ1v) is 5.25. The van der Waals surface area contributed by atoms with Crippen LogP contribution in [0.3, 0.4) is 0 Å². The van der Waals surface area contributed by atoms with Gasteiger partial charge in [0.05, 0.1) is 13.8 Å². The summed E-state index contributed by atoms with van der Waals surface area (Å²) in [6, 6.07) is 7.92. The highest BCUT2D eigenvalue weighted by molar-refractivity contribution is 5.30. The van der Waals surface area contributed by atoms with E-state index in [1.165, 1.54) is 5.56 Å². The summed E-state index contributed by atoms with van der Waals surface area (Å²) in [6.07, 6.45) is 0. The summed E-state index contributed by atoms with van der Waals surface area (Å²) in [4.78, 5) is 0. The Labute approximate surface area is 89.4 Å². The average Bonchev–Trinajstić information content (AvgIpc) is 2.77. The largest absolute Gasteiger partial charge is 0.497 e. The van der Waals surface area contributed by atoms with Crippen LogP contribution in [0, 0.1) is 5.92 Å². The van der Waals surface area contributed by atoms with Gasteiger partial charge in [0.1, 0.15) is 5.75 Å². The van der Waals surface area contributed by atoms with Crippen molar-refractivity contribution in [2.75, 3.05) is 26.9 Å². The summed E-state index contributed by atoms with van der Waals surface area (Å²) < 4.78 is 17.8. The minimum absolute atomic E-state index is 0.124. The van der Waals surface area contributed by atoms with Crippen molar-refractivity contribution in [3.63, 3.8) is 0 Å². The molecular weight excluding hydrogens is 193 g/mol. The Morgan fingerprint density at radius 1 is 1.33 bits per heavy atom. The fourth-order valence-electron chi connectivity index (χ4n) is 2.14. The molecule has 1 fully saturated rings. The summed E-state index contributed by atoms with van der Waals surface area (Å²) in [7, 11) is 1.65. The molecule has 0 amide bonds. The number of methoxy groups -OCH3 is 1. The third-order valence-corrected chi connectivity index (χ3v) is 3.08. The van der Waals surface area contributed by atoms with Crippen LogP contribution in [0.2, 0.25) is 0 Å². The molecule has 1 aromatic rings. The third-order valence-electron chi connectivity index (χ3n) is 3.08. The molecule has 1 aliphatic heterocycles. The van der Waals surface area contributed by atoms with Crippen LogP contribution in [-0.2, 0) is 0 Å². The molecule has 0 unspecified atom stereocenters. The first-order chi connectivity index (χ1) is 7.35. The molecule has 3 heteroatoms. The van der Waals surface area contributed by atoms with Gasteiger partial charge in [-0.2, -0.15) is 0 Å². The second kappa shape index (κ2) is 4.62. The second-order valence-corrected chi connectivity index (χ2v) is 3.95. The van der Waals surface area contributed by atoms with Crippen LogP contribution in [0.5, 0.6) is 5.75 Å². The van der Waals surface area contributed by atoms with E-state index in [1.807, 2.05) is 24.3 Å². The highest BCUT2D eigenvalue weighted by Crippen LogP contribution is 2.29. The van der Waals surface area contributed by atoms with Gasteiger partial charge in [0, 0.05) is 24.9 Å². The molecule has 1 N–H and O–H groups in total. The van der Waals surface area contributed by atoms with Crippen molar-refractivity contribution in [2.45, 2.75) is 5.92 Å². The van der Waals surface area contributed by atoms with E-state index >= 15 is 0 Å². The van der Waals surface area contributed by atoms with Gasteiger partial charge in [-0.1, -0.05) is 12.1 Å². The SMILES string of the molecule is COc1ccc([C@H]2CNC[C@H]2CF)cc1. The number of rotatable bonds is 3. The molecule has 0 aromatic heterocycles. The van der Waals surface area contributed by atoms with Crippen molar-refractivity contribution in [3.05, 3.63) is 29.8 Å². The molecule has 2 atom stereocenters. The minimum Gasteiger partial charge on any atom is -0.497 e. The van der Waals surface area contributed by atoms with Crippen LogP contribution in [0.15, 0.2) is 24.3 Å². The first-order valence-electron chi connectivity index (χ1n) is 5.25. The molecule has 82 valence electrons. The molecule has 0 radical (unpaired) electrons. The Hall–Kier alpha value is -1.09. The van der Waals surface area contributed by atoms with Crippen LogP contribution < -0.4 is 10.1 Å². The van der Waals surface area contributed by atoms with E-state index in [0.717, 1.165) is 18.8 Å². The number of halogens is 1. The maximum atomic E-state index is 12.7. The molecule has 15 heavy (non-hydrogen) atoms. The molecule has 0 spiro atoms. The molecule has 1 saturated heterocycles. The minimum atomic E-state index is -0.246. The lowest BCUT2D eigenvalue weighted by atomic mass is 9.90. The van der Waals surface area contributed by atoms with Gasteiger partial charge < -0.3 is 10.1 Å². The maximum absolute atomic E-state index is 12.7. The normalized spacial score (nSPS) is 25.5. The molecule has 1 aliphatic rings. The zero-order valence-electron chi connectivity index (χ0n) is 8.87. The summed E-state index contributed by atoms with van der Waals surface area (Å²) >= 11 is 0. The molecule has 0 aliphatic carbocycles. The van der Waals surface area contributed by atoms with E-state index in [2.05, 4.69) is 5.32 Å². The van der Waals surface area contributed by atoms with Gasteiger partial charge in [0.2, 0.25) is 0 Å². The van der Waals surface area contributed by atoms with Crippen LogP contribution in [0.4, 0.5) is 4.39 Å². The lowest BCUT2D eigenvalue weighted by molar-refractivity contribution is 0.358. The number of ether oxygens (including phenoxy) is 1. The van der Waals surface area contributed by atoms with Crippen molar-refractivity contribution in [1.29, 1.82) is 0 Å². The fourth-order valence-corrected chi connectivity index (χ4v) is 2.14. The van der Waals surface area contributed by atoms with Crippen molar-refractivity contribution >= 4 is 0 Å². The zero-order valence-corrected chi connectivity index (χ0v) is 8.87. The van der Waals surface area contributed by atoms with Crippen molar-refractivity contribution in [1.82, 2.24) is 5.32 Å². The fraction of sp³-hybridized carbons (Fsp3) is 0.500. The van der Waals surface area contributed by atoms with Crippen LogP contribution >= 0.6 is 0 Å². The Bertz CT molecular complexity index is 312. The number of nitrogens with one attached hydrogen (secondary N) is 1. The topological polar surface area (TPSA) is 21.3 Å². The van der Waals surface area contributed by atoms with Gasteiger partial charge in [-0.25, -0.2) is 0 Å². The van der Waals surface area contributed by atoms with E-state index in [-0.39, 0.29) is 12.6 Å². The van der Waals surface area contributed by atoms with E-state index in [0.29, 0.717) is 5.92 Å². The predicted octanol–water partition coefficient (Wildman–Crippen LogP) is 1.97. The maximum Gasteiger partial charge on any atom is 0.118 e. The summed E-state index contributed by atoms with van der Waals surface area (Å²) in [5.74, 6) is 1.28. The van der Waals surface area contributed by atoms with Crippen LogP contribution in [0.1, 0.15) is 11.5 Å². The third kappa shape index (κ3) is 2.12. The predicted molar refractivity (Wildman–Crippen MR) is 58.1 cm³/mol. The summed E-state index contributed by atoms with van der Waals surface area (Å²) in [6.45, 7) is 1.41. The van der Waals surface area contributed by atoms with Crippen molar-refractivity contribution in [3.8, 4) is 5.75 Å². The van der Waals surface area contributed by atoms with Crippen LogP contribution in [0.25, 0.3) is 0 Å². The lowest BCUT2D eigenvalue weighted by Crippen LogP contribution is -2.12. The number of hydrogen-bond donors (Lipinski definition) is 1.